The number of alkyl halides is 3. The van der Waals surface area contributed by atoms with Crippen LogP contribution in [0.5, 0.6) is 11.8 Å². The maximum atomic E-state index is 13.6. The first-order chi connectivity index (χ1) is 13.9. The Labute approximate surface area is 169 Å². The zero-order valence-electron chi connectivity index (χ0n) is 15.3. The number of halogens is 4. The lowest BCUT2D eigenvalue weighted by atomic mass is 9.99. The van der Waals surface area contributed by atoms with E-state index < -0.39 is 17.8 Å². The predicted molar refractivity (Wildman–Crippen MR) is 101 cm³/mol. The molecule has 3 heterocycles. The third-order valence-corrected chi connectivity index (χ3v) is 4.74. The van der Waals surface area contributed by atoms with Gasteiger partial charge in [0.2, 0.25) is 0 Å². The summed E-state index contributed by atoms with van der Waals surface area (Å²) in [5.41, 5.74) is 0.0586. The van der Waals surface area contributed by atoms with Crippen LogP contribution in [0, 0.1) is 0 Å². The highest BCUT2D eigenvalue weighted by Gasteiger charge is 2.36. The SMILES string of the molecule is CCC1Nc2nc(nc3cnc(Cl)cc23)OCCOc2c1cccc2C(F)(F)F. The van der Waals surface area contributed by atoms with Crippen LogP contribution in [0.4, 0.5) is 19.0 Å². The van der Waals surface area contributed by atoms with Crippen molar-refractivity contribution in [1.82, 2.24) is 15.0 Å². The number of pyridine rings is 1. The number of nitrogens with zero attached hydrogens (tertiary/aromatic N) is 3. The number of aromatic nitrogens is 3. The average Bonchev–Trinajstić information content (AvgIpc) is 2.71. The van der Waals surface area contributed by atoms with E-state index >= 15 is 0 Å². The Morgan fingerprint density at radius 1 is 1.21 bits per heavy atom. The molecule has 3 aromatic rings. The number of fused-ring (bicyclic) bond motifs is 5. The van der Waals surface area contributed by atoms with E-state index in [1.165, 1.54) is 12.3 Å². The Morgan fingerprint density at radius 2 is 2.00 bits per heavy atom. The second-order valence-electron chi connectivity index (χ2n) is 6.40. The van der Waals surface area contributed by atoms with Crippen LogP contribution in [0.15, 0.2) is 30.5 Å². The highest BCUT2D eigenvalue weighted by Crippen LogP contribution is 2.42. The Bertz CT molecular complexity index is 1060. The van der Waals surface area contributed by atoms with E-state index in [0.29, 0.717) is 28.7 Å². The largest absolute Gasteiger partial charge is 0.489 e. The lowest BCUT2D eigenvalue weighted by Crippen LogP contribution is -2.17. The molecule has 1 aromatic carbocycles. The standard InChI is InChI=1S/C19H16ClF3N4O2/c1-2-13-10-4-3-5-12(19(21,22)23)16(10)28-6-7-29-18-26-14-9-24-15(20)8-11(14)17(25-13)27-18/h3-5,8-9,13H,2,6-7H2,1H3,(H,25,26,27). The fourth-order valence-electron chi connectivity index (χ4n) is 3.21. The number of rotatable bonds is 1. The zero-order valence-corrected chi connectivity index (χ0v) is 16.0. The lowest BCUT2D eigenvalue weighted by molar-refractivity contribution is -0.139. The second-order valence-corrected chi connectivity index (χ2v) is 6.79. The van der Waals surface area contributed by atoms with Gasteiger partial charge in [-0.3, -0.25) is 0 Å². The van der Waals surface area contributed by atoms with Crippen molar-refractivity contribution in [3.05, 3.63) is 46.7 Å². The van der Waals surface area contributed by atoms with Gasteiger partial charge >= 0.3 is 12.2 Å². The maximum Gasteiger partial charge on any atom is 0.419 e. The molecule has 0 saturated heterocycles. The summed E-state index contributed by atoms with van der Waals surface area (Å²) in [5, 5.41) is 4.04. The summed E-state index contributed by atoms with van der Waals surface area (Å²) < 4.78 is 51.7. The van der Waals surface area contributed by atoms with Crippen molar-refractivity contribution < 1.29 is 22.6 Å². The monoisotopic (exact) mass is 424 g/mol. The van der Waals surface area contributed by atoms with Crippen LogP contribution < -0.4 is 14.8 Å². The Hall–Kier alpha value is -2.81. The third-order valence-electron chi connectivity index (χ3n) is 4.53. The fourth-order valence-corrected chi connectivity index (χ4v) is 3.37. The maximum absolute atomic E-state index is 13.6. The molecule has 1 aliphatic rings. The molecule has 0 saturated carbocycles. The summed E-state index contributed by atoms with van der Waals surface area (Å²) in [4.78, 5) is 12.7. The highest BCUT2D eigenvalue weighted by atomic mass is 35.5. The molecule has 0 radical (unpaired) electrons. The summed E-state index contributed by atoms with van der Waals surface area (Å²) in [6.45, 7) is 1.75. The first-order valence-electron chi connectivity index (χ1n) is 8.92. The molecule has 10 heteroatoms. The molecule has 0 aliphatic carbocycles. The van der Waals surface area contributed by atoms with Gasteiger partial charge in [-0.05, 0) is 18.6 Å². The number of benzene rings is 1. The summed E-state index contributed by atoms with van der Waals surface area (Å²) in [7, 11) is 0. The minimum atomic E-state index is -4.55. The van der Waals surface area contributed by atoms with Crippen LogP contribution in [0.25, 0.3) is 10.9 Å². The Balaban J connectivity index is 1.88. The first kappa shape index (κ1) is 19.5. The van der Waals surface area contributed by atoms with Crippen molar-refractivity contribution in [1.29, 1.82) is 0 Å². The molecule has 1 aliphatic heterocycles. The van der Waals surface area contributed by atoms with E-state index in [9.17, 15) is 13.2 Å². The van der Waals surface area contributed by atoms with Gasteiger partial charge in [0.05, 0.1) is 23.3 Å². The normalized spacial score (nSPS) is 16.8. The molecule has 6 nitrogen and oxygen atoms in total. The molecule has 152 valence electrons. The molecule has 0 spiro atoms. The van der Waals surface area contributed by atoms with Gasteiger partial charge < -0.3 is 14.8 Å². The van der Waals surface area contributed by atoms with Gasteiger partial charge in [0, 0.05) is 10.9 Å². The van der Waals surface area contributed by atoms with Gasteiger partial charge in [0.15, 0.2) is 0 Å². The van der Waals surface area contributed by atoms with E-state index in [1.807, 2.05) is 6.92 Å². The van der Waals surface area contributed by atoms with Gasteiger partial charge in [-0.25, -0.2) is 4.98 Å². The van der Waals surface area contributed by atoms with E-state index in [4.69, 9.17) is 21.1 Å². The minimum Gasteiger partial charge on any atom is -0.489 e. The summed E-state index contributed by atoms with van der Waals surface area (Å²) in [6, 6.07) is 5.16. The van der Waals surface area contributed by atoms with Crippen molar-refractivity contribution in [3.63, 3.8) is 0 Å². The molecule has 1 unspecified atom stereocenters. The zero-order chi connectivity index (χ0) is 20.6. The molecular formula is C19H16ClF3N4O2. The van der Waals surface area contributed by atoms with Crippen molar-refractivity contribution in [2.24, 2.45) is 0 Å². The Morgan fingerprint density at radius 3 is 2.76 bits per heavy atom. The van der Waals surface area contributed by atoms with Crippen LogP contribution in [0.1, 0.15) is 30.5 Å². The van der Waals surface area contributed by atoms with Crippen LogP contribution >= 0.6 is 11.6 Å². The van der Waals surface area contributed by atoms with E-state index in [-0.39, 0.29) is 30.1 Å². The third kappa shape index (κ3) is 3.87. The van der Waals surface area contributed by atoms with Crippen LogP contribution in [0.3, 0.4) is 0 Å². The van der Waals surface area contributed by atoms with Crippen molar-refractivity contribution in [2.75, 3.05) is 18.5 Å². The van der Waals surface area contributed by atoms with Crippen molar-refractivity contribution in [3.8, 4) is 11.8 Å². The fraction of sp³-hybridized carbons (Fsp3) is 0.316. The summed E-state index contributed by atoms with van der Waals surface area (Å²) in [5.74, 6) is 0.182. The smallest absolute Gasteiger partial charge is 0.419 e. The van der Waals surface area contributed by atoms with E-state index in [1.54, 1.807) is 12.1 Å². The number of anilines is 1. The van der Waals surface area contributed by atoms with Gasteiger partial charge in [-0.1, -0.05) is 30.7 Å². The number of hydrogen-bond donors (Lipinski definition) is 1. The molecule has 2 bridgehead atoms. The molecular weight excluding hydrogens is 409 g/mol. The van der Waals surface area contributed by atoms with Crippen LogP contribution in [0.2, 0.25) is 5.15 Å². The van der Waals surface area contributed by atoms with Crippen molar-refractivity contribution in [2.45, 2.75) is 25.6 Å². The lowest BCUT2D eigenvalue weighted by Gasteiger charge is -2.23. The van der Waals surface area contributed by atoms with Crippen LogP contribution in [-0.2, 0) is 6.18 Å². The van der Waals surface area contributed by atoms with Gasteiger partial charge in [-0.15, -0.1) is 0 Å². The van der Waals surface area contributed by atoms with Crippen LogP contribution in [-0.4, -0.2) is 28.2 Å². The Kier molecular flexibility index (Phi) is 5.08. The predicted octanol–water partition coefficient (Wildman–Crippen LogP) is 5.03. The topological polar surface area (TPSA) is 69.2 Å². The molecule has 0 fully saturated rings. The van der Waals surface area contributed by atoms with Gasteiger partial charge in [0.25, 0.3) is 0 Å². The van der Waals surface area contributed by atoms with E-state index in [0.717, 1.165) is 6.07 Å². The molecule has 4 rings (SSSR count). The number of ether oxygens (including phenoxy) is 2. The second kappa shape index (κ2) is 7.55. The quantitative estimate of drug-likeness (QED) is 0.552. The number of nitrogens with one attached hydrogen (secondary N) is 1. The molecule has 2 aromatic heterocycles. The first-order valence-corrected chi connectivity index (χ1v) is 9.30. The molecule has 1 N–H and O–H groups in total. The molecule has 29 heavy (non-hydrogen) atoms. The average molecular weight is 425 g/mol. The minimum absolute atomic E-state index is 0.0195. The number of para-hydroxylation sites is 1. The summed E-state index contributed by atoms with van der Waals surface area (Å²) >= 11 is 6.01. The number of hydrogen-bond acceptors (Lipinski definition) is 6. The highest BCUT2D eigenvalue weighted by molar-refractivity contribution is 6.30. The van der Waals surface area contributed by atoms with E-state index in [2.05, 4.69) is 20.3 Å². The molecule has 0 amide bonds. The van der Waals surface area contributed by atoms with Crippen molar-refractivity contribution >= 4 is 28.3 Å². The molecule has 1 atom stereocenters. The summed E-state index contributed by atoms with van der Waals surface area (Å²) in [6.07, 6.45) is -2.57. The van der Waals surface area contributed by atoms with Gasteiger partial charge in [-0.2, -0.15) is 23.1 Å². The van der Waals surface area contributed by atoms with Gasteiger partial charge in [0.1, 0.15) is 29.9 Å².